The van der Waals surface area contributed by atoms with Crippen LogP contribution in [0.3, 0.4) is 0 Å². The SMILES string of the molecule is C=C(C)c1cnc(-c2cc(Cl)ccc2F)cc1N1CN=Cc2ccn(Cc3ccc(OC)cc3)c21. The van der Waals surface area contributed by atoms with Crippen molar-refractivity contribution in [3.63, 3.8) is 0 Å². The van der Waals surface area contributed by atoms with Gasteiger partial charge in [-0.3, -0.25) is 9.98 Å². The summed E-state index contributed by atoms with van der Waals surface area (Å²) in [5.74, 6) is 1.44. The Hall–Kier alpha value is -3.90. The largest absolute Gasteiger partial charge is 0.497 e. The van der Waals surface area contributed by atoms with Crippen molar-refractivity contribution >= 4 is 34.9 Å². The Balaban J connectivity index is 1.60. The molecule has 5 rings (SSSR count). The van der Waals surface area contributed by atoms with Crippen LogP contribution in [0.1, 0.15) is 23.6 Å². The number of aliphatic imine (C=N–C) groups is 1. The monoisotopic (exact) mass is 486 g/mol. The van der Waals surface area contributed by atoms with Gasteiger partial charge in [0.2, 0.25) is 0 Å². The molecule has 3 heterocycles. The molecular formula is C28H24ClFN4O. The molecule has 0 saturated heterocycles. The van der Waals surface area contributed by atoms with E-state index in [1.54, 1.807) is 19.4 Å². The summed E-state index contributed by atoms with van der Waals surface area (Å²) in [6.07, 6.45) is 5.68. The highest BCUT2D eigenvalue weighted by Gasteiger charge is 2.24. The van der Waals surface area contributed by atoms with Crippen LogP contribution in [0.15, 0.2) is 78.6 Å². The first-order valence-corrected chi connectivity index (χ1v) is 11.5. The van der Waals surface area contributed by atoms with Crippen molar-refractivity contribution in [1.29, 1.82) is 0 Å². The van der Waals surface area contributed by atoms with E-state index in [0.29, 0.717) is 29.5 Å². The minimum Gasteiger partial charge on any atom is -0.497 e. The highest BCUT2D eigenvalue weighted by Crippen LogP contribution is 2.38. The van der Waals surface area contributed by atoms with Crippen LogP contribution in [0, 0.1) is 5.82 Å². The van der Waals surface area contributed by atoms with Crippen molar-refractivity contribution in [1.82, 2.24) is 9.55 Å². The molecule has 0 N–H and O–H groups in total. The smallest absolute Gasteiger partial charge is 0.132 e. The summed E-state index contributed by atoms with van der Waals surface area (Å²) in [4.78, 5) is 11.2. The number of hydrogen-bond acceptors (Lipinski definition) is 4. The standard InChI is InChI=1S/C28H24ClFN4O/c1-18(2)24-15-32-26(23-12-21(29)6-9-25(23)30)13-27(24)34-17-31-14-20-10-11-33(28(20)34)16-19-4-7-22(35-3)8-5-19/h4-15H,1,16-17H2,2-3H3. The molecular weight excluding hydrogens is 463 g/mol. The Morgan fingerprint density at radius 3 is 2.69 bits per heavy atom. The maximum absolute atomic E-state index is 14.7. The lowest BCUT2D eigenvalue weighted by Gasteiger charge is -2.30. The van der Waals surface area contributed by atoms with Gasteiger partial charge in [0.1, 0.15) is 24.1 Å². The van der Waals surface area contributed by atoms with Crippen LogP contribution in [0.25, 0.3) is 16.8 Å². The highest BCUT2D eigenvalue weighted by atomic mass is 35.5. The van der Waals surface area contributed by atoms with Crippen molar-refractivity contribution in [2.24, 2.45) is 4.99 Å². The molecule has 5 nitrogen and oxygen atoms in total. The minimum atomic E-state index is -0.379. The molecule has 0 saturated carbocycles. The second-order valence-electron chi connectivity index (χ2n) is 8.44. The van der Waals surface area contributed by atoms with Crippen LogP contribution in [0.2, 0.25) is 5.02 Å². The van der Waals surface area contributed by atoms with Crippen LogP contribution in [0.4, 0.5) is 15.9 Å². The summed E-state index contributed by atoms with van der Waals surface area (Å²) in [7, 11) is 1.66. The van der Waals surface area contributed by atoms with E-state index in [0.717, 1.165) is 39.5 Å². The molecule has 0 bridgehead atoms. The van der Waals surface area contributed by atoms with E-state index in [1.807, 2.05) is 37.4 Å². The number of rotatable bonds is 6. The summed E-state index contributed by atoms with van der Waals surface area (Å²) < 4.78 is 22.1. The maximum atomic E-state index is 14.7. The molecule has 0 radical (unpaired) electrons. The molecule has 7 heteroatoms. The summed E-state index contributed by atoms with van der Waals surface area (Å²) in [5, 5.41) is 0.451. The summed E-state index contributed by atoms with van der Waals surface area (Å²) >= 11 is 6.16. The summed E-state index contributed by atoms with van der Waals surface area (Å²) in [6, 6.07) is 16.4. The number of benzene rings is 2. The topological polar surface area (TPSA) is 42.7 Å². The van der Waals surface area contributed by atoms with Gasteiger partial charge in [0.05, 0.1) is 18.5 Å². The van der Waals surface area contributed by atoms with Crippen molar-refractivity contribution in [3.05, 3.63) is 101 Å². The van der Waals surface area contributed by atoms with Crippen LogP contribution in [-0.4, -0.2) is 29.5 Å². The Morgan fingerprint density at radius 2 is 1.94 bits per heavy atom. The first-order chi connectivity index (χ1) is 16.9. The highest BCUT2D eigenvalue weighted by molar-refractivity contribution is 6.30. The number of allylic oxidation sites excluding steroid dienone is 1. The molecule has 2 aromatic carbocycles. The zero-order valence-corrected chi connectivity index (χ0v) is 20.3. The van der Waals surface area contributed by atoms with Crippen molar-refractivity contribution in [3.8, 4) is 17.0 Å². The molecule has 1 aliphatic heterocycles. The number of halogens is 2. The van der Waals surface area contributed by atoms with E-state index >= 15 is 0 Å². The number of anilines is 2. The Bertz CT molecular complexity index is 1440. The van der Waals surface area contributed by atoms with Gasteiger partial charge in [-0.25, -0.2) is 4.39 Å². The quantitative estimate of drug-likeness (QED) is 0.296. The van der Waals surface area contributed by atoms with E-state index in [-0.39, 0.29) is 5.82 Å². The number of aromatic nitrogens is 2. The van der Waals surface area contributed by atoms with E-state index < -0.39 is 0 Å². The Labute approximate surface area is 208 Å². The Morgan fingerprint density at radius 1 is 1.14 bits per heavy atom. The van der Waals surface area contributed by atoms with Crippen molar-refractivity contribution in [2.45, 2.75) is 13.5 Å². The third kappa shape index (κ3) is 4.45. The molecule has 2 aromatic heterocycles. The molecule has 4 aromatic rings. The Kier molecular flexibility index (Phi) is 6.14. The fourth-order valence-corrected chi connectivity index (χ4v) is 4.44. The van der Waals surface area contributed by atoms with E-state index in [9.17, 15) is 4.39 Å². The molecule has 0 spiro atoms. The number of ether oxygens (including phenoxy) is 1. The van der Waals surface area contributed by atoms with Gasteiger partial charge in [-0.2, -0.15) is 0 Å². The predicted octanol–water partition coefficient (Wildman–Crippen LogP) is 6.96. The van der Waals surface area contributed by atoms with Gasteiger partial charge in [0.25, 0.3) is 0 Å². The van der Waals surface area contributed by atoms with Gasteiger partial charge in [-0.15, -0.1) is 0 Å². The molecule has 35 heavy (non-hydrogen) atoms. The molecule has 176 valence electrons. The summed E-state index contributed by atoms with van der Waals surface area (Å²) in [5.41, 5.74) is 5.57. The maximum Gasteiger partial charge on any atom is 0.132 e. The fourth-order valence-electron chi connectivity index (χ4n) is 4.26. The molecule has 0 unspecified atom stereocenters. The number of fused-ring (bicyclic) bond motifs is 1. The third-order valence-electron chi connectivity index (χ3n) is 6.02. The van der Waals surface area contributed by atoms with Crippen LogP contribution >= 0.6 is 11.6 Å². The van der Waals surface area contributed by atoms with E-state index in [4.69, 9.17) is 16.3 Å². The second-order valence-corrected chi connectivity index (χ2v) is 8.88. The zero-order valence-electron chi connectivity index (χ0n) is 19.5. The van der Waals surface area contributed by atoms with E-state index in [1.165, 1.54) is 12.1 Å². The molecule has 0 fully saturated rings. The van der Waals surface area contributed by atoms with Gasteiger partial charge in [-0.1, -0.05) is 30.3 Å². The van der Waals surface area contributed by atoms with Gasteiger partial charge in [-0.05, 0) is 60.5 Å². The molecule has 0 amide bonds. The van der Waals surface area contributed by atoms with Gasteiger partial charge >= 0.3 is 0 Å². The first-order valence-electron chi connectivity index (χ1n) is 11.2. The lowest BCUT2D eigenvalue weighted by molar-refractivity contribution is 0.414. The number of nitrogens with zero attached hydrogens (tertiary/aromatic N) is 4. The zero-order chi connectivity index (χ0) is 24.5. The van der Waals surface area contributed by atoms with E-state index in [2.05, 4.69) is 44.4 Å². The number of methoxy groups -OCH3 is 1. The number of hydrogen-bond donors (Lipinski definition) is 0. The average Bonchev–Trinajstić information content (AvgIpc) is 3.28. The first kappa shape index (κ1) is 22.9. The van der Waals surface area contributed by atoms with Crippen molar-refractivity contribution in [2.75, 3.05) is 18.7 Å². The van der Waals surface area contributed by atoms with Gasteiger partial charge in [0.15, 0.2) is 0 Å². The normalized spacial score (nSPS) is 12.5. The van der Waals surface area contributed by atoms with Crippen LogP contribution in [-0.2, 0) is 6.54 Å². The minimum absolute atomic E-state index is 0.348. The van der Waals surface area contributed by atoms with Gasteiger partial charge < -0.3 is 14.2 Å². The fraction of sp³-hybridized carbons (Fsp3) is 0.143. The average molecular weight is 487 g/mol. The van der Waals surface area contributed by atoms with Crippen LogP contribution in [0.5, 0.6) is 5.75 Å². The summed E-state index contributed by atoms with van der Waals surface area (Å²) in [6.45, 7) is 7.17. The lowest BCUT2D eigenvalue weighted by Crippen LogP contribution is -2.25. The molecule has 0 aliphatic carbocycles. The van der Waals surface area contributed by atoms with Gasteiger partial charge in [0, 0.05) is 46.9 Å². The number of pyridine rings is 1. The predicted molar refractivity (Wildman–Crippen MR) is 140 cm³/mol. The third-order valence-corrected chi connectivity index (χ3v) is 6.26. The lowest BCUT2D eigenvalue weighted by atomic mass is 10.0. The van der Waals surface area contributed by atoms with Crippen LogP contribution < -0.4 is 9.64 Å². The second kappa shape index (κ2) is 9.39. The van der Waals surface area contributed by atoms with Crippen molar-refractivity contribution < 1.29 is 9.13 Å². The molecule has 0 atom stereocenters. The molecule has 1 aliphatic rings.